The van der Waals surface area contributed by atoms with Crippen LogP contribution in [0.5, 0.6) is 0 Å². The highest BCUT2D eigenvalue weighted by molar-refractivity contribution is 6.16. The molecule has 3 aromatic carbocycles. The Morgan fingerprint density at radius 2 is 1.64 bits per heavy atom. The van der Waals surface area contributed by atoms with Crippen molar-refractivity contribution >= 4 is 51.8 Å². The van der Waals surface area contributed by atoms with Crippen LogP contribution in [-0.2, 0) is 4.74 Å². The number of carbonyl (C=O) groups is 2. The van der Waals surface area contributed by atoms with E-state index in [1.54, 1.807) is 30.5 Å². The van der Waals surface area contributed by atoms with Crippen molar-refractivity contribution in [2.75, 3.05) is 18.2 Å². The van der Waals surface area contributed by atoms with E-state index in [9.17, 15) is 9.59 Å². The first-order valence-electron chi connectivity index (χ1n) is 11.1. The third-order valence-electron chi connectivity index (χ3n) is 5.66. The number of nitrogens with zero attached hydrogens (tertiary/aromatic N) is 4. The van der Waals surface area contributed by atoms with Gasteiger partial charge in [0.2, 0.25) is 0 Å². The lowest BCUT2D eigenvalue weighted by Gasteiger charge is -2.06. The van der Waals surface area contributed by atoms with Gasteiger partial charge in [-0.15, -0.1) is 0 Å². The van der Waals surface area contributed by atoms with Gasteiger partial charge >= 0.3 is 5.97 Å². The van der Waals surface area contributed by atoms with E-state index in [1.807, 2.05) is 55.5 Å². The quantitative estimate of drug-likeness (QED) is 0.285. The molecule has 2 heterocycles. The second kappa shape index (κ2) is 9.30. The first kappa shape index (κ1) is 22.7. The van der Waals surface area contributed by atoms with Gasteiger partial charge in [-0.25, -0.2) is 14.8 Å². The molecule has 2 aromatic heterocycles. The highest BCUT2D eigenvalue weighted by Gasteiger charge is 2.24. The minimum atomic E-state index is -0.425. The fraction of sp³-hybridized carbons (Fsp3) is 0.0741. The van der Waals surface area contributed by atoms with E-state index in [0.29, 0.717) is 39.0 Å². The van der Waals surface area contributed by atoms with Crippen LogP contribution in [-0.4, -0.2) is 39.8 Å². The minimum absolute atomic E-state index is 0.104. The Morgan fingerprint density at radius 1 is 0.972 bits per heavy atom. The summed E-state index contributed by atoms with van der Waals surface area (Å²) in [5.41, 5.74) is 11.5. The molecule has 9 heteroatoms. The SMILES string of the molecule is COC(=O)c1ccc(C=Nn2c(N)c(C(=O)Nc3ccc(C)cc3)c3nc4ccccc4nc32)cc1. The number of ether oxygens (including phenoxy) is 1. The van der Waals surface area contributed by atoms with E-state index < -0.39 is 11.9 Å². The lowest BCUT2D eigenvalue weighted by Crippen LogP contribution is -2.14. The summed E-state index contributed by atoms with van der Waals surface area (Å²) in [7, 11) is 1.33. The van der Waals surface area contributed by atoms with Crippen LogP contribution in [0.25, 0.3) is 22.2 Å². The number of benzene rings is 3. The molecule has 36 heavy (non-hydrogen) atoms. The first-order valence-corrected chi connectivity index (χ1v) is 11.1. The number of nitrogen functional groups attached to an aromatic ring is 1. The molecule has 3 N–H and O–H groups in total. The number of nitrogens with one attached hydrogen (secondary N) is 1. The van der Waals surface area contributed by atoms with Gasteiger partial charge in [0.1, 0.15) is 16.9 Å². The number of hydrogen-bond donors (Lipinski definition) is 2. The van der Waals surface area contributed by atoms with Gasteiger partial charge in [-0.2, -0.15) is 9.78 Å². The van der Waals surface area contributed by atoms with E-state index in [0.717, 1.165) is 5.56 Å². The zero-order valence-electron chi connectivity index (χ0n) is 19.6. The molecular formula is C27H22N6O3. The Morgan fingerprint density at radius 3 is 2.31 bits per heavy atom. The summed E-state index contributed by atoms with van der Waals surface area (Å²) < 4.78 is 6.13. The van der Waals surface area contributed by atoms with Crippen LogP contribution < -0.4 is 11.1 Å². The number of aryl methyl sites for hydroxylation is 1. The van der Waals surface area contributed by atoms with Crippen LogP contribution in [0, 0.1) is 6.92 Å². The van der Waals surface area contributed by atoms with Crippen LogP contribution in [0.3, 0.4) is 0 Å². The van der Waals surface area contributed by atoms with Gasteiger partial charge in [0, 0.05) is 5.69 Å². The number of amides is 1. The molecule has 178 valence electrons. The second-order valence-electron chi connectivity index (χ2n) is 8.13. The highest BCUT2D eigenvalue weighted by Crippen LogP contribution is 2.28. The molecule has 5 rings (SSSR count). The molecule has 9 nitrogen and oxygen atoms in total. The van der Waals surface area contributed by atoms with Crippen molar-refractivity contribution in [2.24, 2.45) is 5.10 Å². The van der Waals surface area contributed by atoms with E-state index in [4.69, 9.17) is 10.5 Å². The zero-order valence-corrected chi connectivity index (χ0v) is 19.6. The summed E-state index contributed by atoms with van der Waals surface area (Å²) >= 11 is 0. The normalized spacial score (nSPS) is 11.3. The number of hydrogen-bond acceptors (Lipinski definition) is 7. The van der Waals surface area contributed by atoms with E-state index in [2.05, 4.69) is 20.4 Å². The predicted octanol–water partition coefficient (Wildman–Crippen LogP) is 4.40. The maximum atomic E-state index is 13.3. The standard InChI is InChI=1S/C27H22N6O3/c1-16-7-13-19(14-8-16)30-26(34)22-23-25(32-21-6-4-3-5-20(21)31-23)33(24(22)28)29-15-17-9-11-18(12-10-17)27(35)36-2/h3-15H,28H2,1-2H3,(H,30,34). The number of esters is 1. The maximum Gasteiger partial charge on any atom is 0.337 e. The van der Waals surface area contributed by atoms with Crippen LogP contribution in [0.2, 0.25) is 0 Å². The van der Waals surface area contributed by atoms with Crippen molar-refractivity contribution in [2.45, 2.75) is 6.92 Å². The molecular weight excluding hydrogens is 456 g/mol. The van der Waals surface area contributed by atoms with Gasteiger partial charge in [-0.05, 0) is 48.9 Å². The smallest absolute Gasteiger partial charge is 0.337 e. The summed E-state index contributed by atoms with van der Waals surface area (Å²) in [6.45, 7) is 1.97. The number of rotatable bonds is 5. The molecule has 5 aromatic rings. The van der Waals surface area contributed by atoms with E-state index in [-0.39, 0.29) is 11.4 Å². The van der Waals surface area contributed by atoms with Crippen molar-refractivity contribution in [3.63, 3.8) is 0 Å². The molecule has 0 unspecified atom stereocenters. The molecule has 0 atom stereocenters. The van der Waals surface area contributed by atoms with Crippen molar-refractivity contribution in [3.05, 3.63) is 95.1 Å². The Balaban J connectivity index is 1.59. The molecule has 0 bridgehead atoms. The van der Waals surface area contributed by atoms with Crippen molar-refractivity contribution in [3.8, 4) is 0 Å². The van der Waals surface area contributed by atoms with Gasteiger partial charge in [-0.1, -0.05) is 42.0 Å². The number of aromatic nitrogens is 3. The topological polar surface area (TPSA) is 124 Å². The molecule has 0 saturated carbocycles. The molecule has 0 radical (unpaired) electrons. The summed E-state index contributed by atoms with van der Waals surface area (Å²) in [5.74, 6) is -0.736. The first-order chi connectivity index (χ1) is 17.4. The van der Waals surface area contributed by atoms with Crippen LogP contribution >= 0.6 is 0 Å². The second-order valence-corrected chi connectivity index (χ2v) is 8.13. The fourth-order valence-corrected chi connectivity index (χ4v) is 3.77. The Labute approximate surface area is 206 Å². The van der Waals surface area contributed by atoms with Gasteiger partial charge < -0.3 is 15.8 Å². The monoisotopic (exact) mass is 478 g/mol. The Kier molecular flexibility index (Phi) is 5.87. The number of carbonyl (C=O) groups excluding carboxylic acids is 2. The zero-order chi connectivity index (χ0) is 25.2. The lowest BCUT2D eigenvalue weighted by molar-refractivity contribution is 0.0600. The van der Waals surface area contributed by atoms with Gasteiger partial charge in [0.15, 0.2) is 5.65 Å². The number of para-hydroxylation sites is 2. The largest absolute Gasteiger partial charge is 0.465 e. The molecule has 0 aliphatic carbocycles. The summed E-state index contributed by atoms with van der Waals surface area (Å²) in [4.78, 5) is 34.4. The van der Waals surface area contributed by atoms with Crippen molar-refractivity contribution in [1.82, 2.24) is 14.6 Å². The predicted molar refractivity (Wildman–Crippen MR) is 139 cm³/mol. The molecule has 0 aliphatic rings. The highest BCUT2D eigenvalue weighted by atomic mass is 16.5. The summed E-state index contributed by atoms with van der Waals surface area (Å²) in [5, 5.41) is 7.38. The molecule has 0 spiro atoms. The fourth-order valence-electron chi connectivity index (χ4n) is 3.77. The third kappa shape index (κ3) is 4.25. The van der Waals surface area contributed by atoms with Gasteiger partial charge in [-0.3, -0.25) is 4.79 Å². The number of fused-ring (bicyclic) bond motifs is 2. The number of methoxy groups -OCH3 is 1. The maximum absolute atomic E-state index is 13.3. The van der Waals surface area contributed by atoms with E-state index in [1.165, 1.54) is 11.8 Å². The molecule has 1 amide bonds. The Hall–Kier alpha value is -5.05. The molecule has 0 saturated heterocycles. The lowest BCUT2D eigenvalue weighted by atomic mass is 10.1. The molecule has 0 aliphatic heterocycles. The molecule has 0 fully saturated rings. The van der Waals surface area contributed by atoms with E-state index >= 15 is 0 Å². The average Bonchev–Trinajstić information content (AvgIpc) is 3.17. The van der Waals surface area contributed by atoms with Crippen LogP contribution in [0.15, 0.2) is 77.9 Å². The Bertz CT molecular complexity index is 1640. The van der Waals surface area contributed by atoms with Gasteiger partial charge in [0.05, 0.1) is 29.9 Å². The third-order valence-corrected chi connectivity index (χ3v) is 5.66. The van der Waals surface area contributed by atoms with Gasteiger partial charge in [0.25, 0.3) is 5.91 Å². The summed E-state index contributed by atoms with van der Waals surface area (Å²) in [6, 6.07) is 21.5. The van der Waals surface area contributed by atoms with Crippen LogP contribution in [0.4, 0.5) is 11.5 Å². The number of anilines is 2. The summed E-state index contributed by atoms with van der Waals surface area (Å²) in [6.07, 6.45) is 1.56. The minimum Gasteiger partial charge on any atom is -0.465 e. The number of nitrogens with two attached hydrogens (primary N) is 1. The van der Waals surface area contributed by atoms with Crippen molar-refractivity contribution < 1.29 is 14.3 Å². The van der Waals surface area contributed by atoms with Crippen LogP contribution in [0.1, 0.15) is 31.8 Å². The average molecular weight is 479 g/mol. The van der Waals surface area contributed by atoms with Crippen molar-refractivity contribution in [1.29, 1.82) is 0 Å².